The number of anilines is 1. The molecule has 302 valence electrons. The van der Waals surface area contributed by atoms with E-state index in [0.717, 1.165) is 93.4 Å². The number of unbranched alkanes of at least 4 members (excludes halogenated alkanes) is 12. The third kappa shape index (κ3) is 15.1. The normalized spacial score (nSPS) is 18.1. The number of para-hydroxylation sites is 2. The number of carbonyl (C=O) groups is 3. The summed E-state index contributed by atoms with van der Waals surface area (Å²) < 4.78 is 22.7. The molecule has 0 saturated carbocycles. The van der Waals surface area contributed by atoms with Gasteiger partial charge in [-0.1, -0.05) is 110 Å². The largest absolute Gasteiger partial charge is 0.512 e. The molecule has 1 N–H and O–H groups in total. The third-order valence-electron chi connectivity index (χ3n) is 10.4. The van der Waals surface area contributed by atoms with Crippen molar-refractivity contribution in [1.29, 1.82) is 0 Å². The molecule has 1 aromatic carbocycles. The molecule has 2 fully saturated rings. The number of hydrogen-bond acceptors (Lipinski definition) is 11. The molecule has 0 radical (unpaired) electrons. The monoisotopic (exact) mass is 771 g/mol. The number of hydrogen-bond donors (Lipinski definition) is 1. The van der Waals surface area contributed by atoms with E-state index in [0.29, 0.717) is 16.2 Å². The number of nitrogens with zero attached hydrogens (tertiary/aromatic N) is 3. The van der Waals surface area contributed by atoms with Crippen molar-refractivity contribution in [2.75, 3.05) is 58.5 Å². The molecule has 0 bridgehead atoms. The maximum atomic E-state index is 12.8. The van der Waals surface area contributed by atoms with E-state index in [9.17, 15) is 14.4 Å². The molecule has 3 heterocycles. The van der Waals surface area contributed by atoms with E-state index < -0.39 is 12.3 Å². The van der Waals surface area contributed by atoms with Crippen molar-refractivity contribution in [3.8, 4) is 0 Å². The van der Waals surface area contributed by atoms with Crippen LogP contribution in [0.15, 0.2) is 40.7 Å². The lowest BCUT2D eigenvalue weighted by molar-refractivity contribution is -0.929. The molecule has 0 aliphatic carbocycles. The Balaban J connectivity index is 1.22. The number of fused-ring (bicyclic) bond motifs is 2. The molecule has 1 unspecified atom stereocenters. The summed E-state index contributed by atoms with van der Waals surface area (Å²) in [6, 6.07) is 8.17. The first kappa shape index (κ1) is 43.5. The van der Waals surface area contributed by atoms with Gasteiger partial charge in [0.1, 0.15) is 24.1 Å². The van der Waals surface area contributed by atoms with Gasteiger partial charge in [-0.15, -0.1) is 11.8 Å². The molecule has 3 aliphatic rings. The number of aliphatic imine (C=N–C) groups is 1. The van der Waals surface area contributed by atoms with Crippen LogP contribution in [-0.4, -0.2) is 97.0 Å². The van der Waals surface area contributed by atoms with Gasteiger partial charge in [0.25, 0.3) is 0 Å². The first-order valence-corrected chi connectivity index (χ1v) is 21.7. The molecule has 0 spiro atoms. The van der Waals surface area contributed by atoms with Crippen molar-refractivity contribution in [2.45, 2.75) is 141 Å². The highest BCUT2D eigenvalue weighted by atomic mass is 32.2. The van der Waals surface area contributed by atoms with E-state index in [1.165, 1.54) is 56.9 Å². The van der Waals surface area contributed by atoms with E-state index in [-0.39, 0.29) is 38.3 Å². The van der Waals surface area contributed by atoms with E-state index in [1.54, 1.807) is 0 Å². The van der Waals surface area contributed by atoms with E-state index in [2.05, 4.69) is 44.1 Å². The summed E-state index contributed by atoms with van der Waals surface area (Å²) in [6.07, 6.45) is 15.2. The lowest BCUT2D eigenvalue weighted by atomic mass is 10.1. The van der Waals surface area contributed by atoms with E-state index in [1.807, 2.05) is 30.0 Å². The number of rotatable bonds is 24. The molecule has 4 rings (SSSR count). The number of benzene rings is 1. The van der Waals surface area contributed by atoms with Crippen LogP contribution in [0.2, 0.25) is 0 Å². The van der Waals surface area contributed by atoms with E-state index >= 15 is 0 Å². The second-order valence-electron chi connectivity index (χ2n) is 15.4. The van der Waals surface area contributed by atoms with Gasteiger partial charge in [0, 0.05) is 23.7 Å². The van der Waals surface area contributed by atoms with Crippen LogP contribution in [0.4, 0.5) is 16.2 Å². The highest BCUT2D eigenvalue weighted by Gasteiger charge is 2.36. The van der Waals surface area contributed by atoms with Gasteiger partial charge in [-0.3, -0.25) is 14.1 Å². The lowest BCUT2D eigenvalue weighted by Crippen LogP contribution is -2.58. The number of ether oxygens (including phenoxy) is 4. The van der Waals surface area contributed by atoms with Crippen LogP contribution in [0.1, 0.15) is 130 Å². The topological polar surface area (TPSA) is 116 Å². The third-order valence-corrected chi connectivity index (χ3v) is 11.6. The van der Waals surface area contributed by atoms with Crippen molar-refractivity contribution in [1.82, 2.24) is 4.90 Å². The zero-order chi connectivity index (χ0) is 38.6. The SMILES string of the molecule is CCCCCCCCCC(=O)OC[C@@H](COC(=O)OC[N+]1(C)CCN(C2=C3CC(C)SC3=Nc3ccccc3N2)CC1)OC(=O)CCCCCCCCC. The zero-order valence-corrected chi connectivity index (χ0v) is 34.4. The van der Waals surface area contributed by atoms with Crippen LogP contribution in [0.25, 0.3) is 0 Å². The second kappa shape index (κ2) is 23.6. The first-order chi connectivity index (χ1) is 26.2. The summed E-state index contributed by atoms with van der Waals surface area (Å²) in [7, 11) is 2.08. The van der Waals surface area contributed by atoms with Gasteiger partial charge in [-0.2, -0.15) is 0 Å². The Morgan fingerprint density at radius 1 is 0.833 bits per heavy atom. The summed E-state index contributed by atoms with van der Waals surface area (Å²) in [5, 5.41) is 5.26. The van der Waals surface area contributed by atoms with Gasteiger partial charge >= 0.3 is 18.1 Å². The minimum Gasteiger partial charge on any atom is -0.462 e. The molecular formula is C42H67N4O7S+. The van der Waals surface area contributed by atoms with E-state index in [4.69, 9.17) is 23.9 Å². The summed E-state index contributed by atoms with van der Waals surface area (Å²) in [4.78, 5) is 45.4. The maximum Gasteiger partial charge on any atom is 0.512 e. The Bertz CT molecular complexity index is 1390. The number of quaternary nitrogens is 1. The number of thioether (sulfide) groups is 1. The molecule has 0 aromatic heterocycles. The average molecular weight is 772 g/mol. The Morgan fingerprint density at radius 2 is 1.43 bits per heavy atom. The molecular weight excluding hydrogens is 705 g/mol. The molecule has 1 aromatic rings. The molecule has 11 nitrogen and oxygen atoms in total. The van der Waals surface area contributed by atoms with Gasteiger partial charge in [0.05, 0.1) is 44.6 Å². The maximum absolute atomic E-state index is 12.8. The molecule has 12 heteroatoms. The Kier molecular flexibility index (Phi) is 19.0. The predicted octanol–water partition coefficient (Wildman–Crippen LogP) is 9.49. The Morgan fingerprint density at radius 3 is 2.09 bits per heavy atom. The number of esters is 2. The average Bonchev–Trinajstić information content (AvgIpc) is 3.45. The molecule has 0 amide bonds. The van der Waals surface area contributed by atoms with Crippen molar-refractivity contribution < 1.29 is 37.8 Å². The summed E-state index contributed by atoms with van der Waals surface area (Å²) in [5.74, 6) is 0.412. The standard InChI is InChI=1S/C42H67N4O7S/c1-5-7-9-11-13-15-17-23-38(47)50-30-34(53-39(48)24-18-16-14-12-10-8-6-2)31-51-42(49)52-32-46(4)27-25-45(26-28-46)40-35-29-33(3)54-41(35)44-37-22-20-19-21-36(37)43-40/h19-22,33-34,43H,5-18,23-32H2,1-4H3/q+1/t33?,34-/m0/s1. The second-order valence-corrected chi connectivity index (χ2v) is 16.9. The fourth-order valence-corrected chi connectivity index (χ4v) is 8.12. The Hall–Kier alpha value is -3.25. The van der Waals surface area contributed by atoms with Gasteiger partial charge in [-0.25, -0.2) is 9.79 Å². The minimum absolute atomic E-state index is 0.157. The van der Waals surface area contributed by atoms with Crippen LogP contribution < -0.4 is 5.32 Å². The van der Waals surface area contributed by atoms with Gasteiger partial charge in [-0.05, 0) is 31.4 Å². The number of piperazine rings is 1. The Labute approximate surface area is 328 Å². The van der Waals surface area contributed by atoms with Crippen LogP contribution >= 0.6 is 11.8 Å². The highest BCUT2D eigenvalue weighted by Crippen LogP contribution is 2.42. The van der Waals surface area contributed by atoms with Crippen LogP contribution in [0.3, 0.4) is 0 Å². The molecule has 2 saturated heterocycles. The lowest BCUT2D eigenvalue weighted by Gasteiger charge is -2.42. The zero-order valence-electron chi connectivity index (χ0n) is 33.5. The molecule has 2 atom stereocenters. The van der Waals surface area contributed by atoms with Gasteiger partial charge < -0.3 is 29.2 Å². The first-order valence-electron chi connectivity index (χ1n) is 20.8. The summed E-state index contributed by atoms with van der Waals surface area (Å²) >= 11 is 1.83. The highest BCUT2D eigenvalue weighted by molar-refractivity contribution is 8.15. The van der Waals surface area contributed by atoms with Crippen LogP contribution in [0.5, 0.6) is 0 Å². The van der Waals surface area contributed by atoms with Crippen molar-refractivity contribution in [2.24, 2.45) is 4.99 Å². The molecule has 3 aliphatic heterocycles. The molecule has 54 heavy (non-hydrogen) atoms. The summed E-state index contributed by atoms with van der Waals surface area (Å²) in [5.41, 5.74) is 3.23. The van der Waals surface area contributed by atoms with Crippen molar-refractivity contribution in [3.05, 3.63) is 35.7 Å². The van der Waals surface area contributed by atoms with Gasteiger partial charge in [0.2, 0.25) is 6.73 Å². The minimum atomic E-state index is -0.891. The smallest absolute Gasteiger partial charge is 0.462 e. The number of carbonyl (C=O) groups excluding carboxylic acids is 3. The van der Waals surface area contributed by atoms with Crippen LogP contribution in [-0.2, 0) is 28.5 Å². The van der Waals surface area contributed by atoms with Crippen LogP contribution in [0, 0.1) is 0 Å². The number of likely N-dealkylation sites (N-methyl/N-ethyl adjacent to an activating group) is 1. The fraction of sp³-hybridized carbons (Fsp3) is 0.714. The summed E-state index contributed by atoms with van der Waals surface area (Å²) in [6.45, 7) is 9.52. The number of nitrogens with one attached hydrogen (secondary N) is 1. The fourth-order valence-electron chi connectivity index (χ4n) is 7.01. The van der Waals surface area contributed by atoms with Gasteiger partial charge in [0.15, 0.2) is 6.10 Å². The van der Waals surface area contributed by atoms with Crippen molar-refractivity contribution in [3.63, 3.8) is 0 Å². The predicted molar refractivity (Wildman–Crippen MR) is 217 cm³/mol. The quantitative estimate of drug-likeness (QED) is 0.0472. The van der Waals surface area contributed by atoms with Crippen molar-refractivity contribution >= 4 is 46.3 Å².